The first-order valence-electron chi connectivity index (χ1n) is 14.8. The highest BCUT2D eigenvalue weighted by molar-refractivity contribution is 7.89. The Labute approximate surface area is 281 Å². The van der Waals surface area contributed by atoms with Gasteiger partial charge in [-0.05, 0) is 49.1 Å². The average Bonchev–Trinajstić information content (AvgIpc) is 3.06. The summed E-state index contributed by atoms with van der Waals surface area (Å²) < 4.78 is 45.0. The maximum Gasteiger partial charge on any atom is 0.243 e. The van der Waals surface area contributed by atoms with Crippen LogP contribution in [0.1, 0.15) is 36.3 Å². The third kappa shape index (κ3) is 8.07. The number of nitrogens with zero attached hydrogens (tertiary/aromatic N) is 3. The molecule has 1 saturated heterocycles. The van der Waals surface area contributed by atoms with Gasteiger partial charge in [-0.2, -0.15) is 4.31 Å². The number of ether oxygens (including phenoxy) is 3. The average molecular weight is 695 g/mol. The van der Waals surface area contributed by atoms with E-state index >= 15 is 0 Å². The van der Waals surface area contributed by atoms with Crippen molar-refractivity contribution >= 4 is 38.9 Å². The molecule has 0 bridgehead atoms. The highest BCUT2D eigenvalue weighted by atomic mass is 35.5. The zero-order chi connectivity index (χ0) is 33.5. The Morgan fingerprint density at radius 3 is 2.13 bits per heavy atom. The Hall–Kier alpha value is -3.06. The molecule has 0 amide bonds. The van der Waals surface area contributed by atoms with Crippen LogP contribution in [0.2, 0.25) is 10.0 Å². The number of benzene rings is 3. The van der Waals surface area contributed by atoms with Gasteiger partial charge >= 0.3 is 0 Å². The predicted octanol–water partition coefficient (Wildman–Crippen LogP) is 5.80. The van der Waals surface area contributed by atoms with E-state index in [-0.39, 0.29) is 34.6 Å². The third-order valence-electron chi connectivity index (χ3n) is 8.42. The van der Waals surface area contributed by atoms with E-state index < -0.39 is 15.6 Å². The summed E-state index contributed by atoms with van der Waals surface area (Å²) in [6, 6.07) is 17.9. The fourth-order valence-corrected chi connectivity index (χ4v) is 7.25. The summed E-state index contributed by atoms with van der Waals surface area (Å²) in [4.78, 5) is 7.51. The Morgan fingerprint density at radius 2 is 1.59 bits per heavy atom. The summed E-state index contributed by atoms with van der Waals surface area (Å²) in [5, 5.41) is 16.4. The molecule has 1 aliphatic rings. The van der Waals surface area contributed by atoms with Gasteiger partial charge in [0, 0.05) is 38.2 Å². The quantitative estimate of drug-likeness (QED) is 0.167. The molecule has 3 aromatic carbocycles. The summed E-state index contributed by atoms with van der Waals surface area (Å²) >= 11 is 12.7. The lowest BCUT2D eigenvalue weighted by atomic mass is 9.84. The van der Waals surface area contributed by atoms with E-state index in [0.29, 0.717) is 54.7 Å². The van der Waals surface area contributed by atoms with Gasteiger partial charge in [-0.1, -0.05) is 64.8 Å². The van der Waals surface area contributed by atoms with Crippen LogP contribution in [0.25, 0.3) is 0 Å². The maximum absolute atomic E-state index is 13.9. The van der Waals surface area contributed by atoms with Gasteiger partial charge in [-0.15, -0.1) is 0 Å². The van der Waals surface area contributed by atoms with Crippen molar-refractivity contribution in [1.82, 2.24) is 9.21 Å². The van der Waals surface area contributed by atoms with Crippen molar-refractivity contribution in [3.63, 3.8) is 0 Å². The minimum Gasteiger partial charge on any atom is -0.493 e. The number of sulfonamides is 1. The molecule has 13 heteroatoms. The van der Waals surface area contributed by atoms with Crippen molar-refractivity contribution in [2.75, 3.05) is 61.7 Å². The highest BCUT2D eigenvalue weighted by Crippen LogP contribution is 2.40. The first-order chi connectivity index (χ1) is 22.0. The second-order valence-electron chi connectivity index (χ2n) is 11.1. The summed E-state index contributed by atoms with van der Waals surface area (Å²) in [7, 11) is 3.15. The molecule has 1 N–H and O–H groups in total. The SMILES string of the molecule is CO/N=C(/CN(C)S(=O)(=O)c1cc(OC)c(OC)c(OC)c1)C(CCN1CCC(O)(c2ccccc2)CC1)c1ccc(Cl)c(Cl)c1. The number of oxime groups is 1. The van der Waals surface area contributed by atoms with E-state index in [1.165, 1.54) is 51.9 Å². The van der Waals surface area contributed by atoms with Crippen LogP contribution in [0, 0.1) is 0 Å². The fourth-order valence-electron chi connectivity index (χ4n) is 5.77. The molecule has 3 aromatic rings. The molecule has 4 rings (SSSR count). The summed E-state index contributed by atoms with van der Waals surface area (Å²) in [6.07, 6.45) is 1.79. The molecular formula is C33H41Cl2N3O7S. The summed E-state index contributed by atoms with van der Waals surface area (Å²) in [5.74, 6) is 0.359. The molecule has 0 aliphatic carbocycles. The molecule has 0 aromatic heterocycles. The van der Waals surface area contributed by atoms with Crippen LogP contribution in [-0.2, 0) is 20.5 Å². The van der Waals surface area contributed by atoms with Gasteiger partial charge in [0.2, 0.25) is 15.8 Å². The minimum atomic E-state index is -4.05. The molecule has 0 spiro atoms. The van der Waals surface area contributed by atoms with Crippen LogP contribution in [-0.4, -0.2) is 90.1 Å². The molecule has 1 aliphatic heterocycles. The van der Waals surface area contributed by atoms with Crippen molar-refractivity contribution in [3.8, 4) is 17.2 Å². The van der Waals surface area contributed by atoms with Gasteiger partial charge in [0.15, 0.2) is 11.5 Å². The lowest BCUT2D eigenvalue weighted by molar-refractivity contribution is -0.0261. The second-order valence-corrected chi connectivity index (χ2v) is 14.0. The van der Waals surface area contributed by atoms with Gasteiger partial charge in [-0.3, -0.25) is 0 Å². The first kappa shape index (κ1) is 35.8. The van der Waals surface area contributed by atoms with Crippen LogP contribution in [0.4, 0.5) is 0 Å². The lowest BCUT2D eigenvalue weighted by Crippen LogP contribution is -2.43. The van der Waals surface area contributed by atoms with Crippen LogP contribution in [0.3, 0.4) is 0 Å². The van der Waals surface area contributed by atoms with E-state index in [9.17, 15) is 13.5 Å². The first-order valence-corrected chi connectivity index (χ1v) is 17.0. The Balaban J connectivity index is 1.58. The minimum absolute atomic E-state index is 0.0356. The smallest absolute Gasteiger partial charge is 0.243 e. The van der Waals surface area contributed by atoms with Gasteiger partial charge < -0.3 is 29.1 Å². The van der Waals surface area contributed by atoms with Gasteiger partial charge in [0.1, 0.15) is 7.11 Å². The molecular weight excluding hydrogens is 653 g/mol. The Morgan fingerprint density at radius 1 is 0.957 bits per heavy atom. The van der Waals surface area contributed by atoms with Gasteiger partial charge in [0.05, 0.1) is 54.1 Å². The van der Waals surface area contributed by atoms with Gasteiger partial charge in [-0.25, -0.2) is 8.42 Å². The summed E-state index contributed by atoms with van der Waals surface area (Å²) in [5.41, 5.74) is 1.36. The number of methoxy groups -OCH3 is 3. The van der Waals surface area contributed by atoms with E-state index in [1.54, 1.807) is 12.1 Å². The number of likely N-dealkylation sites (tertiary alicyclic amines) is 1. The molecule has 250 valence electrons. The molecule has 1 atom stereocenters. The van der Waals surface area contributed by atoms with E-state index in [1.807, 2.05) is 36.4 Å². The molecule has 1 heterocycles. The number of hydrogen-bond donors (Lipinski definition) is 1. The van der Waals surface area contributed by atoms with Crippen LogP contribution in [0.15, 0.2) is 70.7 Å². The van der Waals surface area contributed by atoms with Crippen LogP contribution < -0.4 is 14.2 Å². The zero-order valence-electron chi connectivity index (χ0n) is 26.7. The third-order valence-corrected chi connectivity index (χ3v) is 10.9. The molecule has 46 heavy (non-hydrogen) atoms. The van der Waals surface area contributed by atoms with E-state index in [4.69, 9.17) is 42.3 Å². The molecule has 1 fully saturated rings. The molecule has 1 unspecified atom stereocenters. The van der Waals surface area contributed by atoms with Crippen LogP contribution in [0.5, 0.6) is 17.2 Å². The van der Waals surface area contributed by atoms with Crippen molar-refractivity contribution in [3.05, 3.63) is 81.8 Å². The second kappa shape index (κ2) is 15.7. The van der Waals surface area contributed by atoms with Crippen molar-refractivity contribution in [1.29, 1.82) is 0 Å². The number of halogens is 2. The highest BCUT2D eigenvalue weighted by Gasteiger charge is 2.35. The van der Waals surface area contributed by atoms with Crippen LogP contribution >= 0.6 is 23.2 Å². The van der Waals surface area contributed by atoms with Crippen molar-refractivity contribution in [2.45, 2.75) is 35.7 Å². The lowest BCUT2D eigenvalue weighted by Gasteiger charge is -2.39. The molecule has 0 radical (unpaired) electrons. The maximum atomic E-state index is 13.9. The number of rotatable bonds is 14. The molecule has 10 nitrogen and oxygen atoms in total. The monoisotopic (exact) mass is 693 g/mol. The Bertz CT molecular complexity index is 1590. The van der Waals surface area contributed by atoms with Crippen molar-refractivity contribution < 1.29 is 32.6 Å². The normalized spacial score (nSPS) is 16.2. The predicted molar refractivity (Wildman–Crippen MR) is 180 cm³/mol. The number of aliphatic hydroxyl groups is 1. The van der Waals surface area contributed by atoms with E-state index in [0.717, 1.165) is 11.1 Å². The zero-order valence-corrected chi connectivity index (χ0v) is 29.0. The molecule has 0 saturated carbocycles. The largest absolute Gasteiger partial charge is 0.493 e. The van der Waals surface area contributed by atoms with Gasteiger partial charge in [0.25, 0.3) is 0 Å². The summed E-state index contributed by atoms with van der Waals surface area (Å²) in [6.45, 7) is 1.99. The number of piperidine rings is 1. The topological polar surface area (TPSA) is 110 Å². The fraction of sp³-hybridized carbons (Fsp3) is 0.424. The standard InChI is InChI=1S/C33H41Cl2N3O7S/c1-37(46(40,41)25-20-30(42-2)32(44-4)31(21-25)43-3)22-29(36-45-5)26(23-11-12-27(34)28(35)19-23)13-16-38-17-14-33(39,15-18-38)24-9-7-6-8-10-24/h6-12,19-21,26,39H,13-18,22H2,1-5H3/b36-29-. The Kier molecular flexibility index (Phi) is 12.2. The number of hydrogen-bond acceptors (Lipinski definition) is 9. The van der Waals surface area contributed by atoms with E-state index in [2.05, 4.69) is 10.1 Å². The van der Waals surface area contributed by atoms with Crippen molar-refractivity contribution in [2.24, 2.45) is 5.16 Å².